The minimum absolute atomic E-state index is 0.0886. The van der Waals surface area contributed by atoms with Crippen molar-refractivity contribution in [1.29, 1.82) is 0 Å². The van der Waals surface area contributed by atoms with Gasteiger partial charge in [-0.25, -0.2) is 0 Å². The monoisotopic (exact) mass is 269 g/mol. The van der Waals surface area contributed by atoms with Crippen LogP contribution in [0.5, 0.6) is 0 Å². The van der Waals surface area contributed by atoms with Crippen LogP contribution >= 0.6 is 0 Å². The Morgan fingerprint density at radius 1 is 1.25 bits per heavy atom. The summed E-state index contributed by atoms with van der Waals surface area (Å²) in [5.41, 5.74) is 9.26. The van der Waals surface area contributed by atoms with Crippen molar-refractivity contribution in [3.05, 3.63) is 65.0 Å². The summed E-state index contributed by atoms with van der Waals surface area (Å²) in [5, 5.41) is 2.88. The number of hydrogen-bond donors (Lipinski definition) is 2. The van der Waals surface area contributed by atoms with Crippen molar-refractivity contribution in [2.24, 2.45) is 5.73 Å². The molecule has 0 atom stereocenters. The number of nitrogens with two attached hydrogens (primary N) is 1. The van der Waals surface area contributed by atoms with Crippen molar-refractivity contribution in [2.45, 2.75) is 19.9 Å². The van der Waals surface area contributed by atoms with Crippen LogP contribution in [0.1, 0.15) is 27.2 Å². The molecule has 0 radical (unpaired) electrons. The van der Waals surface area contributed by atoms with Crippen LogP contribution in [0.3, 0.4) is 0 Å². The fraction of sp³-hybridized carbons (Fsp3) is 0.250. The first kappa shape index (κ1) is 14.2. The highest BCUT2D eigenvalue weighted by Gasteiger charge is 2.06. The Hall–Kier alpha value is -2.20. The maximum absolute atomic E-state index is 12.0. The summed E-state index contributed by atoms with van der Waals surface area (Å²) in [5.74, 6) is -0.0886. The highest BCUT2D eigenvalue weighted by atomic mass is 16.1. The quantitative estimate of drug-likeness (QED) is 0.870. The molecule has 0 saturated carbocycles. The fourth-order valence-electron chi connectivity index (χ4n) is 1.96. The number of carbonyl (C=O) groups excluding carboxylic acids is 1. The average Bonchev–Trinajstić information content (AvgIpc) is 2.47. The zero-order valence-corrected chi connectivity index (χ0v) is 11.6. The Bertz CT molecular complexity index is 579. The molecule has 0 bridgehead atoms. The Morgan fingerprint density at radius 3 is 2.65 bits per heavy atom. The van der Waals surface area contributed by atoms with Crippen LogP contribution in [-0.4, -0.2) is 17.4 Å². The van der Waals surface area contributed by atoms with Crippen LogP contribution in [0.25, 0.3) is 0 Å². The van der Waals surface area contributed by atoms with E-state index in [4.69, 9.17) is 5.73 Å². The summed E-state index contributed by atoms with van der Waals surface area (Å²) in [6.45, 7) is 3.04. The molecule has 0 aliphatic rings. The Kier molecular flexibility index (Phi) is 4.85. The topological polar surface area (TPSA) is 68.0 Å². The molecule has 2 aromatic rings. The summed E-state index contributed by atoms with van der Waals surface area (Å²) in [4.78, 5) is 16.3. The van der Waals surface area contributed by atoms with E-state index in [1.165, 1.54) is 0 Å². The van der Waals surface area contributed by atoms with Gasteiger partial charge in [-0.15, -0.1) is 0 Å². The summed E-state index contributed by atoms with van der Waals surface area (Å²) in [6.07, 6.45) is 2.56. The van der Waals surface area contributed by atoms with E-state index in [9.17, 15) is 4.79 Å². The molecule has 0 unspecified atom stereocenters. The zero-order valence-electron chi connectivity index (χ0n) is 11.6. The first-order valence-corrected chi connectivity index (χ1v) is 6.68. The SMILES string of the molecule is Cc1cccnc1CNC(=O)c1ccc(CCN)cc1. The third kappa shape index (κ3) is 3.65. The van der Waals surface area contributed by atoms with Crippen LogP contribution in [0.2, 0.25) is 0 Å². The number of rotatable bonds is 5. The molecule has 0 aliphatic heterocycles. The summed E-state index contributed by atoms with van der Waals surface area (Å²) >= 11 is 0. The van der Waals surface area contributed by atoms with Gasteiger partial charge in [0.15, 0.2) is 0 Å². The summed E-state index contributed by atoms with van der Waals surface area (Å²) in [6, 6.07) is 11.4. The number of benzene rings is 1. The number of aryl methyl sites for hydroxylation is 1. The van der Waals surface area contributed by atoms with Gasteiger partial charge in [0.05, 0.1) is 12.2 Å². The molecule has 0 fully saturated rings. The van der Waals surface area contributed by atoms with Gasteiger partial charge in [-0.05, 0) is 49.2 Å². The van der Waals surface area contributed by atoms with Crippen molar-refractivity contribution in [2.75, 3.05) is 6.54 Å². The molecular formula is C16H19N3O. The van der Waals surface area contributed by atoms with Crippen molar-refractivity contribution in [3.63, 3.8) is 0 Å². The Labute approximate surface area is 119 Å². The lowest BCUT2D eigenvalue weighted by molar-refractivity contribution is 0.0950. The van der Waals surface area contributed by atoms with E-state index < -0.39 is 0 Å². The minimum atomic E-state index is -0.0886. The maximum atomic E-state index is 12.0. The second-order valence-corrected chi connectivity index (χ2v) is 4.69. The molecule has 1 heterocycles. The zero-order chi connectivity index (χ0) is 14.4. The Balaban J connectivity index is 1.96. The van der Waals surface area contributed by atoms with Gasteiger partial charge in [-0.2, -0.15) is 0 Å². The van der Waals surface area contributed by atoms with Crippen molar-refractivity contribution in [3.8, 4) is 0 Å². The largest absolute Gasteiger partial charge is 0.346 e. The lowest BCUT2D eigenvalue weighted by Gasteiger charge is -2.07. The number of nitrogens with one attached hydrogen (secondary N) is 1. The molecule has 3 N–H and O–H groups in total. The molecule has 4 nitrogen and oxygen atoms in total. The van der Waals surface area contributed by atoms with Crippen LogP contribution in [0.15, 0.2) is 42.6 Å². The summed E-state index contributed by atoms with van der Waals surface area (Å²) < 4.78 is 0. The van der Waals surface area contributed by atoms with Gasteiger partial charge in [0.25, 0.3) is 5.91 Å². The normalized spacial score (nSPS) is 10.3. The van der Waals surface area contributed by atoms with Gasteiger partial charge in [0, 0.05) is 11.8 Å². The predicted molar refractivity (Wildman–Crippen MR) is 79.3 cm³/mol. The lowest BCUT2D eigenvalue weighted by Crippen LogP contribution is -2.23. The van der Waals surface area contributed by atoms with Crippen molar-refractivity contribution >= 4 is 5.91 Å². The van der Waals surface area contributed by atoms with E-state index >= 15 is 0 Å². The van der Waals surface area contributed by atoms with Gasteiger partial charge >= 0.3 is 0 Å². The number of pyridine rings is 1. The Morgan fingerprint density at radius 2 is 2.00 bits per heavy atom. The first-order valence-electron chi connectivity index (χ1n) is 6.68. The van der Waals surface area contributed by atoms with E-state index in [2.05, 4.69) is 10.3 Å². The standard InChI is InChI=1S/C16H19N3O/c1-12-3-2-10-18-15(12)11-19-16(20)14-6-4-13(5-7-14)8-9-17/h2-7,10H,8-9,11,17H2,1H3,(H,19,20). The fourth-order valence-corrected chi connectivity index (χ4v) is 1.96. The van der Waals surface area contributed by atoms with E-state index in [0.717, 1.165) is 23.2 Å². The average molecular weight is 269 g/mol. The molecule has 1 aromatic carbocycles. The van der Waals surface area contributed by atoms with Crippen LogP contribution in [0, 0.1) is 6.92 Å². The molecule has 4 heteroatoms. The minimum Gasteiger partial charge on any atom is -0.346 e. The van der Waals surface area contributed by atoms with Gasteiger partial charge in [-0.1, -0.05) is 18.2 Å². The van der Waals surface area contributed by atoms with E-state index in [-0.39, 0.29) is 5.91 Å². The molecule has 1 aromatic heterocycles. The molecule has 0 aliphatic carbocycles. The second kappa shape index (κ2) is 6.82. The van der Waals surface area contributed by atoms with E-state index in [0.29, 0.717) is 18.7 Å². The van der Waals surface area contributed by atoms with Crippen molar-refractivity contribution < 1.29 is 4.79 Å². The van der Waals surface area contributed by atoms with E-state index in [1.54, 1.807) is 6.20 Å². The molecule has 104 valence electrons. The van der Waals surface area contributed by atoms with Gasteiger partial charge in [-0.3, -0.25) is 9.78 Å². The second-order valence-electron chi connectivity index (χ2n) is 4.69. The highest BCUT2D eigenvalue weighted by Crippen LogP contribution is 2.06. The lowest BCUT2D eigenvalue weighted by atomic mass is 10.1. The predicted octanol–water partition coefficient (Wildman–Crippen LogP) is 1.82. The number of amides is 1. The van der Waals surface area contributed by atoms with E-state index in [1.807, 2.05) is 43.3 Å². The van der Waals surface area contributed by atoms with Crippen LogP contribution in [0.4, 0.5) is 0 Å². The third-order valence-electron chi connectivity index (χ3n) is 3.18. The molecule has 0 saturated heterocycles. The van der Waals surface area contributed by atoms with Gasteiger partial charge < -0.3 is 11.1 Å². The molecule has 2 rings (SSSR count). The maximum Gasteiger partial charge on any atom is 0.251 e. The molecule has 1 amide bonds. The highest BCUT2D eigenvalue weighted by molar-refractivity contribution is 5.94. The molecular weight excluding hydrogens is 250 g/mol. The number of nitrogens with zero attached hydrogens (tertiary/aromatic N) is 1. The third-order valence-corrected chi connectivity index (χ3v) is 3.18. The van der Waals surface area contributed by atoms with Crippen LogP contribution < -0.4 is 11.1 Å². The first-order chi connectivity index (χ1) is 9.70. The number of hydrogen-bond acceptors (Lipinski definition) is 3. The molecule has 0 spiro atoms. The van der Waals surface area contributed by atoms with Gasteiger partial charge in [0.1, 0.15) is 0 Å². The smallest absolute Gasteiger partial charge is 0.251 e. The summed E-state index contributed by atoms with van der Waals surface area (Å²) in [7, 11) is 0. The number of carbonyl (C=O) groups is 1. The van der Waals surface area contributed by atoms with Crippen LogP contribution in [-0.2, 0) is 13.0 Å². The number of aromatic nitrogens is 1. The molecule has 20 heavy (non-hydrogen) atoms. The van der Waals surface area contributed by atoms with Gasteiger partial charge in [0.2, 0.25) is 0 Å². The van der Waals surface area contributed by atoms with Crippen molar-refractivity contribution in [1.82, 2.24) is 10.3 Å².